The summed E-state index contributed by atoms with van der Waals surface area (Å²) < 4.78 is 1.20. The molecule has 1 aliphatic carbocycles. The quantitative estimate of drug-likeness (QED) is 0.716. The van der Waals surface area contributed by atoms with Gasteiger partial charge in [0.2, 0.25) is 0 Å². The number of halogens is 1. The van der Waals surface area contributed by atoms with Crippen molar-refractivity contribution in [3.63, 3.8) is 0 Å². The van der Waals surface area contributed by atoms with Gasteiger partial charge in [-0.3, -0.25) is 0 Å². The number of rotatable bonds is 7. The Morgan fingerprint density at radius 3 is 2.62 bits per heavy atom. The summed E-state index contributed by atoms with van der Waals surface area (Å²) in [6.45, 7) is 3.57. The predicted octanol–water partition coefficient (Wildman–Crippen LogP) is 5.31. The van der Waals surface area contributed by atoms with Gasteiger partial charge in [0.15, 0.2) is 0 Å². The molecule has 0 saturated heterocycles. The van der Waals surface area contributed by atoms with E-state index in [4.69, 9.17) is 0 Å². The highest BCUT2D eigenvalue weighted by Gasteiger charge is 2.19. The van der Waals surface area contributed by atoms with Gasteiger partial charge in [0, 0.05) is 10.5 Å². The first kappa shape index (κ1) is 15.1. The molecule has 3 rings (SSSR count). The molecule has 1 unspecified atom stereocenters. The van der Waals surface area contributed by atoms with Crippen LogP contribution in [0.15, 0.2) is 40.9 Å². The second-order valence-corrected chi connectivity index (χ2v) is 7.27. The van der Waals surface area contributed by atoms with Gasteiger partial charge in [0.05, 0.1) is 0 Å². The van der Waals surface area contributed by atoms with Gasteiger partial charge >= 0.3 is 0 Å². The Bertz CT molecular complexity index is 604. The van der Waals surface area contributed by atoms with E-state index in [9.17, 15) is 0 Å². The first-order valence-electron chi connectivity index (χ1n) is 8.13. The molecule has 1 N–H and O–H groups in total. The molecule has 0 aromatic heterocycles. The molecule has 2 aromatic carbocycles. The molecule has 0 spiro atoms. The van der Waals surface area contributed by atoms with Gasteiger partial charge in [-0.2, -0.15) is 0 Å². The average molecular weight is 346 g/mol. The molecule has 1 saturated carbocycles. The van der Waals surface area contributed by atoms with Crippen molar-refractivity contribution in [3.05, 3.63) is 46.4 Å². The fraction of sp³-hybridized carbons (Fsp3) is 0.474. The minimum Gasteiger partial charge on any atom is -0.314 e. The number of benzene rings is 2. The second-order valence-electron chi connectivity index (χ2n) is 6.41. The van der Waals surface area contributed by atoms with Crippen molar-refractivity contribution >= 4 is 26.7 Å². The van der Waals surface area contributed by atoms with Gasteiger partial charge in [-0.1, -0.05) is 53.2 Å². The summed E-state index contributed by atoms with van der Waals surface area (Å²) in [7, 11) is 0. The molecular weight excluding hydrogens is 322 g/mol. The standard InChI is InChI=1S/C19H24BrN/c1-14(12-13-21-16-9-10-16)6-7-15-8-11-19(20)18-5-3-2-4-17(15)18/h2-5,8,11,14,16,21H,6-7,9-10,12-13H2,1H3. The molecule has 2 aromatic rings. The number of aryl methyl sites for hydroxylation is 1. The smallest absolute Gasteiger partial charge is 0.0253 e. The normalized spacial score (nSPS) is 16.3. The van der Waals surface area contributed by atoms with E-state index < -0.39 is 0 Å². The lowest BCUT2D eigenvalue weighted by Gasteiger charge is -2.13. The maximum absolute atomic E-state index is 3.66. The van der Waals surface area contributed by atoms with Gasteiger partial charge in [-0.05, 0) is 67.0 Å². The highest BCUT2D eigenvalue weighted by Crippen LogP contribution is 2.28. The highest BCUT2D eigenvalue weighted by atomic mass is 79.9. The van der Waals surface area contributed by atoms with Crippen LogP contribution in [0.1, 0.15) is 38.2 Å². The fourth-order valence-electron chi connectivity index (χ4n) is 2.91. The monoisotopic (exact) mass is 345 g/mol. The Balaban J connectivity index is 1.58. The molecular formula is C19H24BrN. The molecule has 1 nitrogen and oxygen atoms in total. The van der Waals surface area contributed by atoms with Crippen LogP contribution in [-0.2, 0) is 6.42 Å². The Morgan fingerprint density at radius 2 is 1.86 bits per heavy atom. The number of hydrogen-bond acceptors (Lipinski definition) is 1. The van der Waals surface area contributed by atoms with Crippen LogP contribution in [0.4, 0.5) is 0 Å². The Hall–Kier alpha value is -0.860. The summed E-state index contributed by atoms with van der Waals surface area (Å²) >= 11 is 3.66. The molecule has 1 fully saturated rings. The molecule has 0 aliphatic heterocycles. The van der Waals surface area contributed by atoms with E-state index in [2.05, 4.69) is 64.6 Å². The van der Waals surface area contributed by atoms with Crippen molar-refractivity contribution < 1.29 is 0 Å². The van der Waals surface area contributed by atoms with E-state index in [0.717, 1.165) is 12.0 Å². The molecule has 0 heterocycles. The van der Waals surface area contributed by atoms with Gasteiger partial charge < -0.3 is 5.32 Å². The van der Waals surface area contributed by atoms with Crippen molar-refractivity contribution in [1.82, 2.24) is 5.32 Å². The van der Waals surface area contributed by atoms with Crippen LogP contribution in [0, 0.1) is 5.92 Å². The molecule has 1 atom stereocenters. The topological polar surface area (TPSA) is 12.0 Å². The number of fused-ring (bicyclic) bond motifs is 1. The van der Waals surface area contributed by atoms with Gasteiger partial charge in [0.1, 0.15) is 0 Å². The van der Waals surface area contributed by atoms with E-state index >= 15 is 0 Å². The van der Waals surface area contributed by atoms with E-state index in [1.54, 1.807) is 0 Å². The van der Waals surface area contributed by atoms with Gasteiger partial charge in [0.25, 0.3) is 0 Å². The molecule has 21 heavy (non-hydrogen) atoms. The lowest BCUT2D eigenvalue weighted by molar-refractivity contribution is 0.470. The lowest BCUT2D eigenvalue weighted by Crippen LogP contribution is -2.19. The molecule has 1 aliphatic rings. The number of hydrogen-bond donors (Lipinski definition) is 1. The summed E-state index contributed by atoms with van der Waals surface area (Å²) in [5.41, 5.74) is 1.48. The van der Waals surface area contributed by atoms with Crippen molar-refractivity contribution in [1.29, 1.82) is 0 Å². The van der Waals surface area contributed by atoms with Crippen molar-refractivity contribution in [2.75, 3.05) is 6.54 Å². The van der Waals surface area contributed by atoms with Crippen molar-refractivity contribution in [2.45, 2.75) is 45.1 Å². The largest absolute Gasteiger partial charge is 0.314 e. The third kappa shape index (κ3) is 4.08. The van der Waals surface area contributed by atoms with E-state index in [1.807, 2.05) is 0 Å². The summed E-state index contributed by atoms with van der Waals surface area (Å²) in [5.74, 6) is 0.790. The van der Waals surface area contributed by atoms with E-state index in [-0.39, 0.29) is 0 Å². The molecule has 112 valence electrons. The second kappa shape index (κ2) is 6.93. The molecule has 2 heteroatoms. The van der Waals surface area contributed by atoms with Crippen molar-refractivity contribution in [3.8, 4) is 0 Å². The third-order valence-electron chi connectivity index (χ3n) is 4.52. The third-order valence-corrected chi connectivity index (χ3v) is 5.21. The maximum atomic E-state index is 3.66. The van der Waals surface area contributed by atoms with Crippen LogP contribution in [0.5, 0.6) is 0 Å². The molecule has 0 amide bonds. The summed E-state index contributed by atoms with van der Waals surface area (Å²) in [5, 5.41) is 6.35. The first-order chi connectivity index (χ1) is 10.2. The van der Waals surface area contributed by atoms with Gasteiger partial charge in [-0.15, -0.1) is 0 Å². The molecule has 0 radical (unpaired) electrons. The number of nitrogens with one attached hydrogen (secondary N) is 1. The van der Waals surface area contributed by atoms with Crippen LogP contribution in [-0.4, -0.2) is 12.6 Å². The first-order valence-corrected chi connectivity index (χ1v) is 8.93. The zero-order valence-electron chi connectivity index (χ0n) is 12.7. The average Bonchev–Trinajstić information content (AvgIpc) is 3.31. The van der Waals surface area contributed by atoms with Crippen LogP contribution in [0.3, 0.4) is 0 Å². The van der Waals surface area contributed by atoms with E-state index in [0.29, 0.717) is 0 Å². The minimum atomic E-state index is 0.790. The summed E-state index contributed by atoms with van der Waals surface area (Å²) in [6, 6.07) is 14.0. The van der Waals surface area contributed by atoms with E-state index in [1.165, 1.54) is 59.5 Å². The zero-order chi connectivity index (χ0) is 14.7. The zero-order valence-corrected chi connectivity index (χ0v) is 14.3. The Morgan fingerprint density at radius 1 is 1.10 bits per heavy atom. The van der Waals surface area contributed by atoms with Crippen LogP contribution >= 0.6 is 15.9 Å². The molecule has 0 bridgehead atoms. The maximum Gasteiger partial charge on any atom is 0.0253 e. The van der Waals surface area contributed by atoms with Gasteiger partial charge in [-0.25, -0.2) is 0 Å². The fourth-order valence-corrected chi connectivity index (χ4v) is 3.39. The SMILES string of the molecule is CC(CCNC1CC1)CCc1ccc(Br)c2ccccc12. The Kier molecular flexibility index (Phi) is 4.97. The minimum absolute atomic E-state index is 0.790. The van der Waals surface area contributed by atoms with Crippen LogP contribution in [0.2, 0.25) is 0 Å². The van der Waals surface area contributed by atoms with Crippen LogP contribution < -0.4 is 5.32 Å². The van der Waals surface area contributed by atoms with Crippen molar-refractivity contribution in [2.24, 2.45) is 5.92 Å². The summed E-state index contributed by atoms with van der Waals surface area (Å²) in [4.78, 5) is 0. The lowest BCUT2D eigenvalue weighted by atomic mass is 9.95. The Labute approximate surface area is 136 Å². The van der Waals surface area contributed by atoms with Crippen LogP contribution in [0.25, 0.3) is 10.8 Å². The highest BCUT2D eigenvalue weighted by molar-refractivity contribution is 9.10. The summed E-state index contributed by atoms with van der Waals surface area (Å²) in [6.07, 6.45) is 6.53. The predicted molar refractivity (Wildman–Crippen MR) is 94.8 cm³/mol.